The molecule has 0 aliphatic carbocycles. The van der Waals surface area contributed by atoms with Crippen molar-refractivity contribution in [2.75, 3.05) is 0 Å². The molecule has 3 aromatic rings. The lowest BCUT2D eigenvalue weighted by molar-refractivity contribution is 0.0825. The van der Waals surface area contributed by atoms with Crippen LogP contribution in [0.4, 0.5) is 0 Å². The average Bonchev–Trinajstić information content (AvgIpc) is 3.17. The summed E-state index contributed by atoms with van der Waals surface area (Å²) in [6.07, 6.45) is 0.897. The standard InChI is InChI=1S/C19H17N3O3/c1-2-13-8-10-15(11-9-13)18(23)20-21-19(24)17-12-16(22-25-17)14-6-4-3-5-7-14/h3-12H,2H2,1H3,(H,20,23)(H,21,24). The molecule has 0 aliphatic rings. The van der Waals surface area contributed by atoms with E-state index in [0.29, 0.717) is 11.3 Å². The van der Waals surface area contributed by atoms with E-state index < -0.39 is 11.8 Å². The molecule has 2 N–H and O–H groups in total. The maximum atomic E-state index is 12.1. The molecule has 0 aliphatic heterocycles. The highest BCUT2D eigenvalue weighted by molar-refractivity contribution is 5.98. The van der Waals surface area contributed by atoms with E-state index in [-0.39, 0.29) is 5.76 Å². The molecular formula is C19H17N3O3. The quantitative estimate of drug-likeness (QED) is 0.718. The maximum Gasteiger partial charge on any atom is 0.308 e. The Kier molecular flexibility index (Phi) is 4.89. The third kappa shape index (κ3) is 3.92. The zero-order valence-corrected chi connectivity index (χ0v) is 13.7. The number of hydrogen-bond acceptors (Lipinski definition) is 4. The van der Waals surface area contributed by atoms with Gasteiger partial charge in [0, 0.05) is 17.2 Å². The number of nitrogens with one attached hydrogen (secondary N) is 2. The number of aryl methyl sites for hydroxylation is 1. The summed E-state index contributed by atoms with van der Waals surface area (Å²) in [5.41, 5.74) is 7.66. The summed E-state index contributed by atoms with van der Waals surface area (Å²) >= 11 is 0. The highest BCUT2D eigenvalue weighted by atomic mass is 16.5. The van der Waals surface area contributed by atoms with Crippen molar-refractivity contribution in [2.45, 2.75) is 13.3 Å². The first kappa shape index (κ1) is 16.4. The van der Waals surface area contributed by atoms with Crippen LogP contribution in [0.15, 0.2) is 65.2 Å². The van der Waals surface area contributed by atoms with Crippen LogP contribution in [0.2, 0.25) is 0 Å². The Labute approximate surface area is 144 Å². The predicted octanol–water partition coefficient (Wildman–Crippen LogP) is 2.98. The minimum Gasteiger partial charge on any atom is -0.350 e. The van der Waals surface area contributed by atoms with Gasteiger partial charge in [-0.3, -0.25) is 20.4 Å². The summed E-state index contributed by atoms with van der Waals surface area (Å²) in [4.78, 5) is 24.1. The lowest BCUT2D eigenvalue weighted by Crippen LogP contribution is -2.41. The first-order chi connectivity index (χ1) is 12.2. The maximum absolute atomic E-state index is 12.1. The Hall–Kier alpha value is -3.41. The second kappa shape index (κ2) is 7.44. The molecule has 2 amide bonds. The fourth-order valence-electron chi connectivity index (χ4n) is 2.27. The number of hydrogen-bond donors (Lipinski definition) is 2. The van der Waals surface area contributed by atoms with Gasteiger partial charge in [0.1, 0.15) is 5.69 Å². The molecule has 0 atom stereocenters. The average molecular weight is 335 g/mol. The number of amides is 2. The van der Waals surface area contributed by atoms with Crippen LogP contribution in [-0.2, 0) is 6.42 Å². The number of rotatable bonds is 4. The van der Waals surface area contributed by atoms with E-state index in [4.69, 9.17) is 4.52 Å². The third-order valence-electron chi connectivity index (χ3n) is 3.72. The van der Waals surface area contributed by atoms with E-state index in [1.54, 1.807) is 12.1 Å². The normalized spacial score (nSPS) is 10.3. The van der Waals surface area contributed by atoms with Crippen molar-refractivity contribution in [2.24, 2.45) is 0 Å². The van der Waals surface area contributed by atoms with Crippen molar-refractivity contribution in [1.82, 2.24) is 16.0 Å². The molecule has 0 radical (unpaired) electrons. The minimum absolute atomic E-state index is 0.0143. The number of nitrogens with zero attached hydrogens (tertiary/aromatic N) is 1. The molecule has 0 unspecified atom stereocenters. The molecule has 1 heterocycles. The SMILES string of the molecule is CCc1ccc(C(=O)NNC(=O)c2cc(-c3ccccc3)no2)cc1. The summed E-state index contributed by atoms with van der Waals surface area (Å²) in [5, 5.41) is 3.86. The smallest absolute Gasteiger partial charge is 0.308 e. The van der Waals surface area contributed by atoms with E-state index in [1.807, 2.05) is 49.4 Å². The van der Waals surface area contributed by atoms with Gasteiger partial charge in [0.15, 0.2) is 0 Å². The molecule has 0 bridgehead atoms. The van der Waals surface area contributed by atoms with E-state index in [2.05, 4.69) is 16.0 Å². The zero-order chi connectivity index (χ0) is 17.6. The number of carbonyl (C=O) groups excluding carboxylic acids is 2. The van der Waals surface area contributed by atoms with E-state index in [1.165, 1.54) is 6.07 Å². The van der Waals surface area contributed by atoms with Crippen LogP contribution < -0.4 is 10.9 Å². The molecule has 126 valence electrons. The van der Waals surface area contributed by atoms with Crippen molar-refractivity contribution < 1.29 is 14.1 Å². The van der Waals surface area contributed by atoms with Crippen molar-refractivity contribution >= 4 is 11.8 Å². The molecular weight excluding hydrogens is 318 g/mol. The Bertz CT molecular complexity index is 870. The van der Waals surface area contributed by atoms with Crippen LogP contribution in [0.3, 0.4) is 0 Å². The molecule has 6 heteroatoms. The summed E-state index contributed by atoms with van der Waals surface area (Å²) in [5.74, 6) is -0.965. The van der Waals surface area contributed by atoms with Crippen LogP contribution in [0.25, 0.3) is 11.3 Å². The number of hydrazine groups is 1. The monoisotopic (exact) mass is 335 g/mol. The Morgan fingerprint density at radius 2 is 1.64 bits per heavy atom. The molecule has 1 aromatic heterocycles. The Morgan fingerprint density at radius 3 is 2.32 bits per heavy atom. The Balaban J connectivity index is 1.60. The number of carbonyl (C=O) groups is 2. The molecule has 25 heavy (non-hydrogen) atoms. The van der Waals surface area contributed by atoms with E-state index >= 15 is 0 Å². The van der Waals surface area contributed by atoms with Gasteiger partial charge in [-0.2, -0.15) is 0 Å². The van der Waals surface area contributed by atoms with Crippen molar-refractivity contribution in [1.29, 1.82) is 0 Å². The van der Waals surface area contributed by atoms with Gasteiger partial charge in [0.05, 0.1) is 0 Å². The van der Waals surface area contributed by atoms with E-state index in [9.17, 15) is 9.59 Å². The van der Waals surface area contributed by atoms with Crippen molar-refractivity contribution in [3.8, 4) is 11.3 Å². The summed E-state index contributed by atoms with van der Waals surface area (Å²) < 4.78 is 5.04. The van der Waals surface area contributed by atoms with Gasteiger partial charge in [-0.15, -0.1) is 0 Å². The van der Waals surface area contributed by atoms with Crippen LogP contribution >= 0.6 is 0 Å². The molecule has 0 fully saturated rings. The minimum atomic E-state index is -0.576. The highest BCUT2D eigenvalue weighted by Gasteiger charge is 2.15. The molecule has 2 aromatic carbocycles. The van der Waals surface area contributed by atoms with Gasteiger partial charge in [-0.1, -0.05) is 54.5 Å². The van der Waals surface area contributed by atoms with Gasteiger partial charge in [0.25, 0.3) is 5.91 Å². The predicted molar refractivity (Wildman–Crippen MR) is 92.7 cm³/mol. The number of benzene rings is 2. The fraction of sp³-hybridized carbons (Fsp3) is 0.105. The highest BCUT2D eigenvalue weighted by Crippen LogP contribution is 2.18. The van der Waals surface area contributed by atoms with Gasteiger partial charge in [0.2, 0.25) is 5.76 Å². The summed E-state index contributed by atoms with van der Waals surface area (Å²) in [6, 6.07) is 18.0. The second-order valence-corrected chi connectivity index (χ2v) is 5.40. The fourth-order valence-corrected chi connectivity index (χ4v) is 2.27. The lowest BCUT2D eigenvalue weighted by atomic mass is 10.1. The molecule has 6 nitrogen and oxygen atoms in total. The van der Waals surface area contributed by atoms with Crippen LogP contribution in [0.5, 0.6) is 0 Å². The molecule has 0 spiro atoms. The van der Waals surface area contributed by atoms with Gasteiger partial charge < -0.3 is 4.52 Å². The first-order valence-corrected chi connectivity index (χ1v) is 7.89. The van der Waals surface area contributed by atoms with Gasteiger partial charge in [-0.05, 0) is 24.1 Å². The second-order valence-electron chi connectivity index (χ2n) is 5.40. The number of aromatic nitrogens is 1. The summed E-state index contributed by atoms with van der Waals surface area (Å²) in [7, 11) is 0. The van der Waals surface area contributed by atoms with Crippen LogP contribution in [0.1, 0.15) is 33.4 Å². The third-order valence-corrected chi connectivity index (χ3v) is 3.72. The first-order valence-electron chi connectivity index (χ1n) is 7.89. The molecule has 0 saturated carbocycles. The summed E-state index contributed by atoms with van der Waals surface area (Å²) in [6.45, 7) is 2.04. The zero-order valence-electron chi connectivity index (χ0n) is 13.7. The van der Waals surface area contributed by atoms with Crippen LogP contribution in [-0.4, -0.2) is 17.0 Å². The lowest BCUT2D eigenvalue weighted by Gasteiger charge is -2.06. The largest absolute Gasteiger partial charge is 0.350 e. The molecule has 0 saturated heterocycles. The van der Waals surface area contributed by atoms with Crippen molar-refractivity contribution in [3.63, 3.8) is 0 Å². The Morgan fingerprint density at radius 1 is 0.960 bits per heavy atom. The van der Waals surface area contributed by atoms with E-state index in [0.717, 1.165) is 17.5 Å². The van der Waals surface area contributed by atoms with Crippen molar-refractivity contribution in [3.05, 3.63) is 77.6 Å². The van der Waals surface area contributed by atoms with Gasteiger partial charge >= 0.3 is 5.91 Å². The van der Waals surface area contributed by atoms with Crippen LogP contribution in [0, 0.1) is 0 Å². The molecule has 3 rings (SSSR count). The van der Waals surface area contributed by atoms with Gasteiger partial charge in [-0.25, -0.2) is 0 Å². The topological polar surface area (TPSA) is 84.2 Å².